The summed E-state index contributed by atoms with van der Waals surface area (Å²) in [6.07, 6.45) is 1.73. The average Bonchev–Trinajstić information content (AvgIpc) is 2.86. The third-order valence-electron chi connectivity index (χ3n) is 3.50. The van der Waals surface area contributed by atoms with E-state index in [1.54, 1.807) is 7.11 Å². The van der Waals surface area contributed by atoms with Crippen molar-refractivity contribution in [3.05, 3.63) is 29.8 Å². The maximum atomic E-state index is 10.9. The van der Waals surface area contributed by atoms with Crippen molar-refractivity contribution in [3.63, 3.8) is 0 Å². The van der Waals surface area contributed by atoms with Crippen LogP contribution in [0.5, 0.6) is 5.75 Å². The van der Waals surface area contributed by atoms with Gasteiger partial charge >= 0.3 is 5.97 Å². The molecule has 0 aliphatic carbocycles. The van der Waals surface area contributed by atoms with Gasteiger partial charge in [-0.15, -0.1) is 0 Å². The van der Waals surface area contributed by atoms with Crippen molar-refractivity contribution in [3.8, 4) is 5.75 Å². The number of hydrogen-bond acceptors (Lipinski definition) is 3. The number of carboxylic acids is 1. The lowest BCUT2D eigenvalue weighted by Gasteiger charge is -2.15. The predicted octanol–water partition coefficient (Wildman–Crippen LogP) is 1.64. The summed E-state index contributed by atoms with van der Waals surface area (Å²) < 4.78 is 5.11. The molecule has 1 aromatic rings. The minimum atomic E-state index is -0.665. The molecule has 0 spiro atoms. The molecule has 4 nitrogen and oxygen atoms in total. The predicted molar refractivity (Wildman–Crippen MR) is 68.9 cm³/mol. The molecule has 2 rings (SSSR count). The van der Waals surface area contributed by atoms with Crippen molar-refractivity contribution in [2.75, 3.05) is 26.7 Å². The Morgan fingerprint density at radius 1 is 1.44 bits per heavy atom. The van der Waals surface area contributed by atoms with Gasteiger partial charge in [0.1, 0.15) is 5.75 Å². The fourth-order valence-corrected chi connectivity index (χ4v) is 2.32. The van der Waals surface area contributed by atoms with E-state index in [9.17, 15) is 4.79 Å². The van der Waals surface area contributed by atoms with E-state index in [2.05, 4.69) is 17.0 Å². The number of hydrogen-bond donors (Lipinski definition) is 1. The number of aliphatic carboxylic acids is 1. The van der Waals surface area contributed by atoms with Crippen LogP contribution in [0.3, 0.4) is 0 Å². The lowest BCUT2D eigenvalue weighted by Crippen LogP contribution is -2.25. The monoisotopic (exact) mass is 249 g/mol. The lowest BCUT2D eigenvalue weighted by atomic mass is 10.1. The molecule has 1 saturated heterocycles. The molecule has 0 radical (unpaired) electrons. The SMILES string of the molecule is COc1ccc(CCN2CC[C@@H](C(=O)O)C2)cc1. The minimum Gasteiger partial charge on any atom is -0.497 e. The maximum absolute atomic E-state index is 10.9. The van der Waals surface area contributed by atoms with Crippen LogP contribution in [0.15, 0.2) is 24.3 Å². The van der Waals surface area contributed by atoms with E-state index >= 15 is 0 Å². The summed E-state index contributed by atoms with van der Waals surface area (Å²) in [6.45, 7) is 2.51. The number of carbonyl (C=O) groups is 1. The smallest absolute Gasteiger partial charge is 0.307 e. The van der Waals surface area contributed by atoms with Crippen LogP contribution in [0.4, 0.5) is 0 Å². The summed E-state index contributed by atoms with van der Waals surface area (Å²) in [5.41, 5.74) is 1.26. The Kier molecular flexibility index (Phi) is 4.20. The Morgan fingerprint density at radius 3 is 2.72 bits per heavy atom. The van der Waals surface area contributed by atoms with Gasteiger partial charge in [-0.3, -0.25) is 4.79 Å². The van der Waals surface area contributed by atoms with Crippen molar-refractivity contribution in [1.82, 2.24) is 4.90 Å². The van der Waals surface area contributed by atoms with Gasteiger partial charge in [-0.25, -0.2) is 0 Å². The first-order valence-corrected chi connectivity index (χ1v) is 6.27. The molecule has 18 heavy (non-hydrogen) atoms. The highest BCUT2D eigenvalue weighted by Crippen LogP contribution is 2.17. The highest BCUT2D eigenvalue weighted by Gasteiger charge is 2.27. The Morgan fingerprint density at radius 2 is 2.17 bits per heavy atom. The van der Waals surface area contributed by atoms with Gasteiger partial charge in [0.2, 0.25) is 0 Å². The average molecular weight is 249 g/mol. The van der Waals surface area contributed by atoms with Crippen LogP contribution >= 0.6 is 0 Å². The fourth-order valence-electron chi connectivity index (χ4n) is 2.32. The Hall–Kier alpha value is -1.55. The van der Waals surface area contributed by atoms with Gasteiger partial charge in [-0.1, -0.05) is 12.1 Å². The zero-order valence-corrected chi connectivity index (χ0v) is 10.6. The minimum absolute atomic E-state index is 0.180. The summed E-state index contributed by atoms with van der Waals surface area (Å²) in [4.78, 5) is 13.1. The Labute approximate surface area is 107 Å². The van der Waals surface area contributed by atoms with Crippen LogP contribution in [0, 0.1) is 5.92 Å². The third kappa shape index (κ3) is 3.23. The normalized spacial score (nSPS) is 19.9. The van der Waals surface area contributed by atoms with Crippen LogP contribution in [0.1, 0.15) is 12.0 Å². The van der Waals surface area contributed by atoms with Gasteiger partial charge < -0.3 is 14.7 Å². The molecule has 1 aliphatic rings. The maximum Gasteiger partial charge on any atom is 0.307 e. The van der Waals surface area contributed by atoms with Crippen molar-refractivity contribution < 1.29 is 14.6 Å². The summed E-state index contributed by atoms with van der Waals surface area (Å²) >= 11 is 0. The van der Waals surface area contributed by atoms with E-state index in [4.69, 9.17) is 9.84 Å². The van der Waals surface area contributed by atoms with E-state index in [0.717, 1.165) is 31.7 Å². The van der Waals surface area contributed by atoms with Crippen molar-refractivity contribution >= 4 is 5.97 Å². The Balaban J connectivity index is 1.79. The van der Waals surface area contributed by atoms with Gasteiger partial charge in [0.25, 0.3) is 0 Å². The number of nitrogens with zero attached hydrogens (tertiary/aromatic N) is 1. The van der Waals surface area contributed by atoms with Crippen molar-refractivity contribution in [1.29, 1.82) is 0 Å². The second-order valence-corrected chi connectivity index (χ2v) is 4.72. The largest absolute Gasteiger partial charge is 0.497 e. The molecule has 1 aromatic carbocycles. The van der Waals surface area contributed by atoms with E-state index in [0.29, 0.717) is 6.54 Å². The highest BCUT2D eigenvalue weighted by atomic mass is 16.5. The lowest BCUT2D eigenvalue weighted by molar-refractivity contribution is -0.141. The van der Waals surface area contributed by atoms with Crippen LogP contribution in [-0.4, -0.2) is 42.7 Å². The number of benzene rings is 1. The number of rotatable bonds is 5. The zero-order valence-electron chi connectivity index (χ0n) is 10.6. The van der Waals surface area contributed by atoms with Gasteiger partial charge in [-0.2, -0.15) is 0 Å². The topological polar surface area (TPSA) is 49.8 Å². The summed E-state index contributed by atoms with van der Waals surface area (Å²) in [7, 11) is 1.66. The van der Waals surface area contributed by atoms with Gasteiger partial charge in [0.05, 0.1) is 13.0 Å². The summed E-state index contributed by atoms with van der Waals surface area (Å²) in [6, 6.07) is 8.03. The first kappa shape index (κ1) is 12.9. The standard InChI is InChI=1S/C14H19NO3/c1-18-13-4-2-11(3-5-13)6-8-15-9-7-12(10-15)14(16)17/h2-5,12H,6-10H2,1H3,(H,16,17)/t12-/m1/s1. The molecular formula is C14H19NO3. The zero-order chi connectivity index (χ0) is 13.0. The molecule has 0 aromatic heterocycles. The van der Waals surface area contributed by atoms with Crippen LogP contribution in [-0.2, 0) is 11.2 Å². The second-order valence-electron chi connectivity index (χ2n) is 4.72. The van der Waals surface area contributed by atoms with E-state index in [-0.39, 0.29) is 5.92 Å². The fraction of sp³-hybridized carbons (Fsp3) is 0.500. The molecule has 1 heterocycles. The first-order chi connectivity index (χ1) is 8.69. The van der Waals surface area contributed by atoms with Crippen molar-refractivity contribution in [2.24, 2.45) is 5.92 Å². The second kappa shape index (κ2) is 5.87. The molecular weight excluding hydrogens is 230 g/mol. The van der Waals surface area contributed by atoms with Crippen molar-refractivity contribution in [2.45, 2.75) is 12.8 Å². The molecule has 0 unspecified atom stereocenters. The van der Waals surface area contributed by atoms with E-state index in [1.165, 1.54) is 5.56 Å². The third-order valence-corrected chi connectivity index (χ3v) is 3.50. The van der Waals surface area contributed by atoms with Gasteiger partial charge in [-0.05, 0) is 37.1 Å². The molecule has 0 bridgehead atoms. The van der Waals surface area contributed by atoms with E-state index < -0.39 is 5.97 Å². The van der Waals surface area contributed by atoms with Crippen LogP contribution < -0.4 is 4.74 Å². The number of methoxy groups -OCH3 is 1. The quantitative estimate of drug-likeness (QED) is 0.862. The van der Waals surface area contributed by atoms with Crippen LogP contribution in [0.2, 0.25) is 0 Å². The molecule has 1 atom stereocenters. The molecule has 0 amide bonds. The summed E-state index contributed by atoms with van der Waals surface area (Å²) in [5, 5.41) is 8.93. The van der Waals surface area contributed by atoms with Gasteiger partial charge in [0, 0.05) is 13.1 Å². The Bertz CT molecular complexity index is 402. The summed E-state index contributed by atoms with van der Waals surface area (Å²) in [5.74, 6) is 0.0219. The molecule has 1 N–H and O–H groups in total. The molecule has 0 saturated carbocycles. The number of ether oxygens (including phenoxy) is 1. The molecule has 98 valence electrons. The molecule has 4 heteroatoms. The highest BCUT2D eigenvalue weighted by molar-refractivity contribution is 5.70. The van der Waals surface area contributed by atoms with Crippen LogP contribution in [0.25, 0.3) is 0 Å². The molecule has 1 fully saturated rings. The van der Waals surface area contributed by atoms with E-state index in [1.807, 2.05) is 12.1 Å². The van der Waals surface area contributed by atoms with Gasteiger partial charge in [0.15, 0.2) is 0 Å². The number of carboxylic acid groups (broad SMARTS) is 1. The number of likely N-dealkylation sites (tertiary alicyclic amines) is 1. The first-order valence-electron chi connectivity index (χ1n) is 6.27. The molecule has 1 aliphatic heterocycles.